The average molecular weight is 490 g/mol. The van der Waals surface area contributed by atoms with Crippen LogP contribution in [-0.4, -0.2) is 60.5 Å². The zero-order valence-electron chi connectivity index (χ0n) is 20.5. The number of likely N-dealkylation sites (tertiary alicyclic amines) is 1. The number of hydrogen-bond donors (Lipinski definition) is 1. The van der Waals surface area contributed by atoms with Crippen molar-refractivity contribution in [2.75, 3.05) is 18.4 Å². The SMILES string of the molecule is Cn1ccc(Nc2ncnc3ccc(Oc4ccc(OC5CN(C(=O)OC(C)(C)C)C5)cn4)cc23)n1. The van der Waals surface area contributed by atoms with Gasteiger partial charge in [-0.15, -0.1) is 0 Å². The van der Waals surface area contributed by atoms with Crippen LogP contribution in [0.1, 0.15) is 20.8 Å². The van der Waals surface area contributed by atoms with Gasteiger partial charge in [0.25, 0.3) is 0 Å². The quantitative estimate of drug-likeness (QED) is 0.423. The lowest BCUT2D eigenvalue weighted by Gasteiger charge is -2.39. The smallest absolute Gasteiger partial charge is 0.410 e. The second kappa shape index (κ2) is 9.33. The van der Waals surface area contributed by atoms with Gasteiger partial charge in [-0.2, -0.15) is 5.10 Å². The maximum Gasteiger partial charge on any atom is 0.410 e. The Morgan fingerprint density at radius 3 is 2.56 bits per heavy atom. The molecule has 1 aliphatic heterocycles. The summed E-state index contributed by atoms with van der Waals surface area (Å²) in [5, 5.41) is 8.34. The molecule has 36 heavy (non-hydrogen) atoms. The van der Waals surface area contributed by atoms with Crippen LogP contribution in [-0.2, 0) is 11.8 Å². The van der Waals surface area contributed by atoms with Crippen LogP contribution in [0.15, 0.2) is 55.1 Å². The molecule has 1 aromatic carbocycles. The summed E-state index contributed by atoms with van der Waals surface area (Å²) in [5.74, 6) is 2.92. The molecule has 0 unspecified atom stereocenters. The van der Waals surface area contributed by atoms with E-state index in [4.69, 9.17) is 14.2 Å². The highest BCUT2D eigenvalue weighted by molar-refractivity contribution is 5.91. The van der Waals surface area contributed by atoms with Gasteiger partial charge >= 0.3 is 6.09 Å². The Morgan fingerprint density at radius 1 is 1.06 bits per heavy atom. The monoisotopic (exact) mass is 489 g/mol. The van der Waals surface area contributed by atoms with Gasteiger partial charge in [-0.1, -0.05) is 0 Å². The van der Waals surface area contributed by atoms with Crippen LogP contribution >= 0.6 is 0 Å². The minimum Gasteiger partial charge on any atom is -0.485 e. The normalized spacial score (nSPS) is 13.8. The van der Waals surface area contributed by atoms with E-state index in [0.29, 0.717) is 42.1 Å². The summed E-state index contributed by atoms with van der Waals surface area (Å²) in [4.78, 5) is 26.7. The number of benzene rings is 1. The van der Waals surface area contributed by atoms with Crippen molar-refractivity contribution in [2.45, 2.75) is 32.5 Å². The Bertz CT molecular complexity index is 1380. The van der Waals surface area contributed by atoms with E-state index in [-0.39, 0.29) is 12.2 Å². The van der Waals surface area contributed by atoms with E-state index in [1.165, 1.54) is 6.33 Å². The highest BCUT2D eigenvalue weighted by Gasteiger charge is 2.35. The van der Waals surface area contributed by atoms with Gasteiger partial charge in [-0.05, 0) is 45.0 Å². The number of nitrogens with one attached hydrogen (secondary N) is 1. The topological polar surface area (TPSA) is 117 Å². The molecular formula is C25H27N7O4. The lowest BCUT2D eigenvalue weighted by atomic mass is 10.1. The first-order valence-corrected chi connectivity index (χ1v) is 11.5. The Balaban J connectivity index is 1.20. The molecule has 5 rings (SSSR count). The molecule has 1 amide bonds. The van der Waals surface area contributed by atoms with E-state index in [2.05, 4.69) is 25.4 Å². The van der Waals surface area contributed by atoms with E-state index in [0.717, 1.165) is 10.9 Å². The number of carbonyl (C=O) groups is 1. The lowest BCUT2D eigenvalue weighted by Crippen LogP contribution is -2.57. The molecule has 11 nitrogen and oxygen atoms in total. The maximum atomic E-state index is 12.1. The van der Waals surface area contributed by atoms with Gasteiger partial charge < -0.3 is 24.4 Å². The molecule has 1 aliphatic rings. The number of ether oxygens (including phenoxy) is 3. The van der Waals surface area contributed by atoms with E-state index in [9.17, 15) is 4.79 Å². The van der Waals surface area contributed by atoms with Gasteiger partial charge in [0.15, 0.2) is 5.82 Å². The molecule has 4 heterocycles. The molecule has 0 saturated carbocycles. The number of carbonyl (C=O) groups excluding carboxylic acids is 1. The fourth-order valence-corrected chi connectivity index (χ4v) is 3.60. The van der Waals surface area contributed by atoms with Gasteiger partial charge in [-0.25, -0.2) is 19.7 Å². The van der Waals surface area contributed by atoms with E-state index < -0.39 is 5.60 Å². The highest BCUT2D eigenvalue weighted by Crippen LogP contribution is 2.29. The fraction of sp³-hybridized carbons (Fsp3) is 0.320. The van der Waals surface area contributed by atoms with Crippen molar-refractivity contribution in [3.8, 4) is 17.4 Å². The van der Waals surface area contributed by atoms with Crippen LogP contribution in [0.25, 0.3) is 10.9 Å². The molecule has 0 spiro atoms. The van der Waals surface area contributed by atoms with Crippen LogP contribution < -0.4 is 14.8 Å². The summed E-state index contributed by atoms with van der Waals surface area (Å²) in [6.07, 6.45) is 4.52. The molecule has 0 radical (unpaired) electrons. The number of anilines is 2. The molecule has 1 N–H and O–H groups in total. The van der Waals surface area contributed by atoms with Crippen molar-refractivity contribution in [2.24, 2.45) is 7.05 Å². The van der Waals surface area contributed by atoms with Crippen molar-refractivity contribution >= 4 is 28.6 Å². The second-order valence-electron chi connectivity index (χ2n) is 9.46. The van der Waals surface area contributed by atoms with Crippen molar-refractivity contribution < 1.29 is 19.0 Å². The summed E-state index contributed by atoms with van der Waals surface area (Å²) < 4.78 is 18.9. The largest absolute Gasteiger partial charge is 0.485 e. The van der Waals surface area contributed by atoms with Crippen molar-refractivity contribution in [1.29, 1.82) is 0 Å². The lowest BCUT2D eigenvalue weighted by molar-refractivity contribution is -0.0222. The molecule has 0 bridgehead atoms. The van der Waals surface area contributed by atoms with Gasteiger partial charge in [0, 0.05) is 30.8 Å². The number of aromatic nitrogens is 5. The standard InChI is InChI=1S/C25H27N7O4/c1-25(2,3)36-24(33)32-13-18(14-32)34-17-6-8-22(26-12-17)35-16-5-7-20-19(11-16)23(28-15-27-20)29-21-9-10-31(4)30-21/h5-12,15,18H,13-14H2,1-4H3,(H,27,28,29,30). The third-order valence-corrected chi connectivity index (χ3v) is 5.30. The number of fused-ring (bicyclic) bond motifs is 1. The summed E-state index contributed by atoms with van der Waals surface area (Å²) >= 11 is 0. The van der Waals surface area contributed by atoms with Crippen LogP contribution in [0.3, 0.4) is 0 Å². The Kier molecular flexibility index (Phi) is 6.05. The maximum absolute atomic E-state index is 12.1. The number of pyridine rings is 1. The fourth-order valence-electron chi connectivity index (χ4n) is 3.60. The Labute approximate surface area is 208 Å². The molecule has 1 saturated heterocycles. The van der Waals surface area contributed by atoms with Gasteiger partial charge in [0.2, 0.25) is 5.88 Å². The number of nitrogens with zero attached hydrogens (tertiary/aromatic N) is 6. The van der Waals surface area contributed by atoms with Crippen molar-refractivity contribution in [1.82, 2.24) is 29.6 Å². The van der Waals surface area contributed by atoms with Gasteiger partial charge in [-0.3, -0.25) is 4.68 Å². The number of hydrogen-bond acceptors (Lipinski definition) is 9. The Morgan fingerprint density at radius 2 is 1.86 bits per heavy atom. The predicted octanol–water partition coefficient (Wildman–Crippen LogP) is 4.29. The van der Waals surface area contributed by atoms with E-state index >= 15 is 0 Å². The van der Waals surface area contributed by atoms with Crippen molar-refractivity contribution in [3.63, 3.8) is 0 Å². The number of amides is 1. The summed E-state index contributed by atoms with van der Waals surface area (Å²) in [5.41, 5.74) is 0.256. The number of aryl methyl sites for hydroxylation is 1. The molecule has 186 valence electrons. The third-order valence-electron chi connectivity index (χ3n) is 5.30. The van der Waals surface area contributed by atoms with Gasteiger partial charge in [0.05, 0.1) is 24.8 Å². The third kappa shape index (κ3) is 5.45. The second-order valence-corrected chi connectivity index (χ2v) is 9.46. The minimum atomic E-state index is -0.516. The van der Waals surface area contributed by atoms with Crippen LogP contribution in [0, 0.1) is 0 Å². The molecule has 0 atom stereocenters. The van der Waals surface area contributed by atoms with Crippen LogP contribution in [0.5, 0.6) is 17.4 Å². The zero-order chi connectivity index (χ0) is 25.3. The average Bonchev–Trinajstić information content (AvgIpc) is 3.20. The molecule has 3 aromatic heterocycles. The molecule has 1 fully saturated rings. The summed E-state index contributed by atoms with van der Waals surface area (Å²) in [6, 6.07) is 10.9. The molecule has 4 aromatic rings. The summed E-state index contributed by atoms with van der Waals surface area (Å²) in [7, 11) is 1.85. The minimum absolute atomic E-state index is 0.100. The Hall–Kier alpha value is -4.41. The first kappa shape index (κ1) is 23.3. The zero-order valence-corrected chi connectivity index (χ0v) is 20.5. The van der Waals surface area contributed by atoms with E-state index in [1.54, 1.807) is 27.9 Å². The van der Waals surface area contributed by atoms with E-state index in [1.807, 2.05) is 58.3 Å². The first-order valence-electron chi connectivity index (χ1n) is 11.5. The molecular weight excluding hydrogens is 462 g/mol. The van der Waals surface area contributed by atoms with Crippen LogP contribution in [0.2, 0.25) is 0 Å². The molecule has 0 aliphatic carbocycles. The first-order chi connectivity index (χ1) is 17.2. The highest BCUT2D eigenvalue weighted by atomic mass is 16.6. The van der Waals surface area contributed by atoms with Crippen LogP contribution in [0.4, 0.5) is 16.4 Å². The molecule has 11 heteroatoms. The number of rotatable bonds is 6. The summed E-state index contributed by atoms with van der Waals surface area (Å²) in [6.45, 7) is 6.48. The van der Waals surface area contributed by atoms with Crippen molar-refractivity contribution in [3.05, 3.63) is 55.1 Å². The predicted molar refractivity (Wildman–Crippen MR) is 133 cm³/mol. The van der Waals surface area contributed by atoms with Gasteiger partial charge in [0.1, 0.15) is 35.3 Å².